The van der Waals surface area contributed by atoms with Gasteiger partial charge in [0.15, 0.2) is 0 Å². The van der Waals surface area contributed by atoms with Crippen LogP contribution in [0.5, 0.6) is 0 Å². The highest BCUT2D eigenvalue weighted by Gasteiger charge is 2.37. The molecule has 2 bridgehead atoms. The van der Waals surface area contributed by atoms with Gasteiger partial charge in [-0.15, -0.1) is 0 Å². The zero-order chi connectivity index (χ0) is 12.8. The molecule has 0 aromatic carbocycles. The van der Waals surface area contributed by atoms with Gasteiger partial charge in [-0.3, -0.25) is 4.90 Å². The van der Waals surface area contributed by atoms with Crippen molar-refractivity contribution in [3.05, 3.63) is 0 Å². The normalized spacial score (nSPS) is 32.7. The minimum absolute atomic E-state index is 0.799. The topological polar surface area (TPSA) is 15.3 Å². The van der Waals surface area contributed by atoms with Crippen LogP contribution in [-0.2, 0) is 0 Å². The van der Waals surface area contributed by atoms with Crippen molar-refractivity contribution in [2.75, 3.05) is 25.1 Å². The second-order valence-electron chi connectivity index (χ2n) is 5.90. The first-order valence-corrected chi connectivity index (χ1v) is 9.22. The number of rotatable bonds is 7. The maximum atomic E-state index is 3.68. The summed E-state index contributed by atoms with van der Waals surface area (Å²) in [6.45, 7) is 4.73. The Morgan fingerprint density at radius 1 is 1.17 bits per heavy atom. The summed E-state index contributed by atoms with van der Waals surface area (Å²) < 4.78 is 0. The van der Waals surface area contributed by atoms with E-state index in [1.54, 1.807) is 0 Å². The van der Waals surface area contributed by atoms with Crippen molar-refractivity contribution < 1.29 is 0 Å². The summed E-state index contributed by atoms with van der Waals surface area (Å²) in [6.07, 6.45) is 12.2. The highest BCUT2D eigenvalue weighted by atomic mass is 32.2. The van der Waals surface area contributed by atoms with Crippen LogP contribution in [0, 0.1) is 0 Å². The first-order valence-electron chi connectivity index (χ1n) is 7.83. The molecule has 3 heteroatoms. The quantitative estimate of drug-likeness (QED) is 0.716. The molecule has 0 amide bonds. The molecule has 0 spiro atoms. The molecule has 2 nitrogen and oxygen atoms in total. The van der Waals surface area contributed by atoms with Gasteiger partial charge in [0, 0.05) is 18.1 Å². The number of piperidine rings is 2. The molecule has 2 saturated heterocycles. The number of fused-ring (bicyclic) bond motifs is 2. The molecule has 2 fully saturated rings. The van der Waals surface area contributed by atoms with Crippen molar-refractivity contribution in [2.24, 2.45) is 0 Å². The van der Waals surface area contributed by atoms with E-state index in [1.807, 2.05) is 11.8 Å². The van der Waals surface area contributed by atoms with Gasteiger partial charge >= 0.3 is 0 Å². The second-order valence-corrected chi connectivity index (χ2v) is 6.89. The number of unbranched alkanes of at least 4 members (excludes halogenated alkanes) is 1. The minimum atomic E-state index is 0.799. The molecule has 0 radical (unpaired) electrons. The van der Waals surface area contributed by atoms with E-state index in [1.165, 1.54) is 57.2 Å². The summed E-state index contributed by atoms with van der Waals surface area (Å²) in [6, 6.07) is 2.57. The Kier molecular flexibility index (Phi) is 6.33. The molecule has 18 heavy (non-hydrogen) atoms. The lowest BCUT2D eigenvalue weighted by molar-refractivity contribution is 0.0240. The third-order valence-corrected chi connectivity index (χ3v) is 5.33. The van der Waals surface area contributed by atoms with Crippen molar-refractivity contribution >= 4 is 11.8 Å². The average Bonchev–Trinajstić information content (AvgIpc) is 2.35. The van der Waals surface area contributed by atoms with Crippen molar-refractivity contribution in [1.29, 1.82) is 0 Å². The lowest BCUT2D eigenvalue weighted by Crippen LogP contribution is -2.56. The SMILES string of the molecule is CCNC1CC2CCCC(C1)N2CCCCSC. The van der Waals surface area contributed by atoms with Crippen molar-refractivity contribution in [2.45, 2.75) is 70.0 Å². The van der Waals surface area contributed by atoms with Gasteiger partial charge in [-0.25, -0.2) is 0 Å². The molecule has 2 atom stereocenters. The third-order valence-electron chi connectivity index (χ3n) is 4.63. The number of nitrogens with zero attached hydrogens (tertiary/aromatic N) is 1. The summed E-state index contributed by atoms with van der Waals surface area (Å²) in [5.41, 5.74) is 0. The first kappa shape index (κ1) is 14.7. The van der Waals surface area contributed by atoms with E-state index in [0.29, 0.717) is 0 Å². The van der Waals surface area contributed by atoms with E-state index >= 15 is 0 Å². The summed E-state index contributed by atoms with van der Waals surface area (Å²) in [5, 5.41) is 3.68. The molecule has 2 rings (SSSR count). The predicted molar refractivity (Wildman–Crippen MR) is 82.4 cm³/mol. The van der Waals surface area contributed by atoms with Gasteiger partial charge in [0.2, 0.25) is 0 Å². The molecule has 0 aromatic heterocycles. The monoisotopic (exact) mass is 270 g/mol. The molecule has 0 aliphatic carbocycles. The van der Waals surface area contributed by atoms with Crippen LogP contribution in [0.4, 0.5) is 0 Å². The Hall–Kier alpha value is 0.270. The molecular weight excluding hydrogens is 240 g/mol. The van der Waals surface area contributed by atoms with Crippen LogP contribution in [-0.4, -0.2) is 48.1 Å². The van der Waals surface area contributed by atoms with E-state index < -0.39 is 0 Å². The fourth-order valence-electron chi connectivity index (χ4n) is 3.84. The van der Waals surface area contributed by atoms with Gasteiger partial charge in [-0.1, -0.05) is 13.3 Å². The molecule has 106 valence electrons. The van der Waals surface area contributed by atoms with Crippen molar-refractivity contribution in [1.82, 2.24) is 10.2 Å². The Morgan fingerprint density at radius 2 is 1.89 bits per heavy atom. The number of nitrogens with one attached hydrogen (secondary N) is 1. The molecular formula is C15H30N2S. The summed E-state index contributed by atoms with van der Waals surface area (Å²) in [4.78, 5) is 2.86. The number of hydrogen-bond donors (Lipinski definition) is 1. The van der Waals surface area contributed by atoms with E-state index in [4.69, 9.17) is 0 Å². The van der Waals surface area contributed by atoms with Crippen LogP contribution in [0.3, 0.4) is 0 Å². The van der Waals surface area contributed by atoms with E-state index in [2.05, 4.69) is 23.4 Å². The van der Waals surface area contributed by atoms with Crippen molar-refractivity contribution in [3.63, 3.8) is 0 Å². The zero-order valence-corrected chi connectivity index (χ0v) is 13.0. The molecule has 2 heterocycles. The van der Waals surface area contributed by atoms with Gasteiger partial charge in [0.25, 0.3) is 0 Å². The van der Waals surface area contributed by atoms with E-state index in [-0.39, 0.29) is 0 Å². The summed E-state index contributed by atoms with van der Waals surface area (Å²) >= 11 is 1.99. The Labute approximate surface area is 117 Å². The van der Waals surface area contributed by atoms with Crippen LogP contribution < -0.4 is 5.32 Å². The maximum absolute atomic E-state index is 3.68. The van der Waals surface area contributed by atoms with Crippen LogP contribution in [0.1, 0.15) is 51.9 Å². The third kappa shape index (κ3) is 3.88. The van der Waals surface area contributed by atoms with Gasteiger partial charge < -0.3 is 5.32 Å². The van der Waals surface area contributed by atoms with Crippen LogP contribution >= 0.6 is 11.8 Å². The maximum Gasteiger partial charge on any atom is 0.0113 e. The molecule has 2 aliphatic heterocycles. The minimum Gasteiger partial charge on any atom is -0.314 e. The lowest BCUT2D eigenvalue weighted by atomic mass is 9.81. The van der Waals surface area contributed by atoms with Crippen molar-refractivity contribution in [3.8, 4) is 0 Å². The highest BCUT2D eigenvalue weighted by Crippen LogP contribution is 2.34. The number of hydrogen-bond acceptors (Lipinski definition) is 3. The Morgan fingerprint density at radius 3 is 2.50 bits per heavy atom. The fourth-order valence-corrected chi connectivity index (χ4v) is 4.33. The second kappa shape index (κ2) is 7.76. The molecule has 0 saturated carbocycles. The van der Waals surface area contributed by atoms with Crippen LogP contribution in [0.2, 0.25) is 0 Å². The zero-order valence-electron chi connectivity index (χ0n) is 12.2. The molecule has 2 unspecified atom stereocenters. The molecule has 2 aliphatic rings. The van der Waals surface area contributed by atoms with Gasteiger partial charge in [0.1, 0.15) is 0 Å². The molecule has 0 aromatic rings. The van der Waals surface area contributed by atoms with Crippen LogP contribution in [0.15, 0.2) is 0 Å². The number of thioether (sulfide) groups is 1. The largest absolute Gasteiger partial charge is 0.314 e. The summed E-state index contributed by atoms with van der Waals surface area (Å²) in [7, 11) is 0. The standard InChI is InChI=1S/C15H30N2S/c1-3-16-13-11-14-7-6-8-15(12-13)17(14)9-4-5-10-18-2/h13-16H,3-12H2,1-2H3. The first-order chi connectivity index (χ1) is 8.85. The summed E-state index contributed by atoms with van der Waals surface area (Å²) in [5.74, 6) is 1.34. The fraction of sp³-hybridized carbons (Fsp3) is 1.00. The van der Waals surface area contributed by atoms with E-state index in [0.717, 1.165) is 24.7 Å². The Balaban J connectivity index is 1.80. The molecule has 1 N–H and O–H groups in total. The van der Waals surface area contributed by atoms with E-state index in [9.17, 15) is 0 Å². The lowest BCUT2D eigenvalue weighted by Gasteiger charge is -2.49. The predicted octanol–water partition coefficient (Wildman–Crippen LogP) is 3.12. The van der Waals surface area contributed by atoms with Gasteiger partial charge in [-0.2, -0.15) is 11.8 Å². The average molecular weight is 270 g/mol. The Bertz CT molecular complexity index is 221. The van der Waals surface area contributed by atoms with Crippen LogP contribution in [0.25, 0.3) is 0 Å². The van der Waals surface area contributed by atoms with Gasteiger partial charge in [-0.05, 0) is 63.6 Å². The highest BCUT2D eigenvalue weighted by molar-refractivity contribution is 7.98. The van der Waals surface area contributed by atoms with Gasteiger partial charge in [0.05, 0.1) is 0 Å². The smallest absolute Gasteiger partial charge is 0.0113 e.